The molecule has 19 heavy (non-hydrogen) atoms. The summed E-state index contributed by atoms with van der Waals surface area (Å²) in [6.45, 7) is 3.31. The van der Waals surface area contributed by atoms with E-state index in [9.17, 15) is 8.42 Å². The molecule has 1 aliphatic heterocycles. The van der Waals surface area contributed by atoms with E-state index in [1.807, 2.05) is 6.07 Å². The minimum absolute atomic E-state index is 0.224. The normalized spacial score (nSPS) is 18.1. The van der Waals surface area contributed by atoms with Crippen LogP contribution in [0.5, 0.6) is 0 Å². The molecule has 1 saturated heterocycles. The number of piperidine rings is 1. The van der Waals surface area contributed by atoms with Crippen molar-refractivity contribution >= 4 is 10.0 Å². The van der Waals surface area contributed by atoms with Crippen molar-refractivity contribution < 1.29 is 8.42 Å². The first kappa shape index (κ1) is 14.0. The van der Waals surface area contributed by atoms with Gasteiger partial charge in [0.2, 0.25) is 10.0 Å². The van der Waals surface area contributed by atoms with Crippen LogP contribution in [-0.4, -0.2) is 25.8 Å². The van der Waals surface area contributed by atoms with Gasteiger partial charge in [0.15, 0.2) is 0 Å². The first-order chi connectivity index (χ1) is 9.07. The molecule has 1 aromatic rings. The van der Waals surface area contributed by atoms with Crippen LogP contribution < -0.4 is 0 Å². The van der Waals surface area contributed by atoms with E-state index < -0.39 is 10.0 Å². The lowest BCUT2D eigenvalue weighted by molar-refractivity contribution is 0.269. The third-order valence-corrected chi connectivity index (χ3v) is 5.65. The Hall–Kier alpha value is -1.38. The highest BCUT2D eigenvalue weighted by Crippen LogP contribution is 2.25. The van der Waals surface area contributed by atoms with Crippen LogP contribution in [0.1, 0.15) is 31.7 Å². The van der Waals surface area contributed by atoms with E-state index in [1.165, 1.54) is 10.4 Å². The average Bonchev–Trinajstić information content (AvgIpc) is 2.47. The Labute approximate surface area is 114 Å². The lowest BCUT2D eigenvalue weighted by Gasteiger charge is -2.30. The van der Waals surface area contributed by atoms with Crippen LogP contribution in [-0.2, 0) is 10.0 Å². The summed E-state index contributed by atoms with van der Waals surface area (Å²) in [5, 5.41) is 8.85. The summed E-state index contributed by atoms with van der Waals surface area (Å²) in [5.74, 6) is 0.636. The fourth-order valence-corrected chi connectivity index (χ4v) is 3.95. The molecule has 0 bridgehead atoms. The van der Waals surface area contributed by atoms with Gasteiger partial charge in [0.25, 0.3) is 0 Å². The third kappa shape index (κ3) is 2.96. The topological polar surface area (TPSA) is 61.2 Å². The summed E-state index contributed by atoms with van der Waals surface area (Å²) in [5.41, 5.74) is 0.379. The van der Waals surface area contributed by atoms with Crippen LogP contribution >= 0.6 is 0 Å². The van der Waals surface area contributed by atoms with E-state index in [0.717, 1.165) is 19.3 Å². The Morgan fingerprint density at radius 2 is 2.05 bits per heavy atom. The van der Waals surface area contributed by atoms with Gasteiger partial charge < -0.3 is 0 Å². The third-order valence-electron chi connectivity index (χ3n) is 3.75. The number of nitrogens with zero attached hydrogens (tertiary/aromatic N) is 2. The fraction of sp³-hybridized carbons (Fsp3) is 0.500. The summed E-state index contributed by atoms with van der Waals surface area (Å²) in [6, 6.07) is 8.21. The second-order valence-electron chi connectivity index (χ2n) is 4.90. The predicted molar refractivity (Wildman–Crippen MR) is 72.9 cm³/mol. The first-order valence-electron chi connectivity index (χ1n) is 6.58. The van der Waals surface area contributed by atoms with Gasteiger partial charge in [0.05, 0.1) is 16.5 Å². The highest BCUT2D eigenvalue weighted by Gasteiger charge is 2.28. The molecule has 0 spiro atoms. The van der Waals surface area contributed by atoms with Gasteiger partial charge in [-0.3, -0.25) is 0 Å². The van der Waals surface area contributed by atoms with Crippen LogP contribution in [0.3, 0.4) is 0 Å². The predicted octanol–water partition coefficient (Wildman–Crippen LogP) is 2.37. The largest absolute Gasteiger partial charge is 0.243 e. The summed E-state index contributed by atoms with van der Waals surface area (Å²) >= 11 is 0. The molecular weight excluding hydrogens is 260 g/mol. The molecule has 0 aliphatic carbocycles. The number of benzene rings is 1. The standard InChI is InChI=1S/C14H18N2O2S/c1-2-12-6-8-16(9-7-12)19(17,18)14-5-3-4-13(10-14)11-15/h3-5,10,12H,2,6-9H2,1H3. The molecule has 102 valence electrons. The quantitative estimate of drug-likeness (QED) is 0.852. The maximum Gasteiger partial charge on any atom is 0.243 e. The summed E-state index contributed by atoms with van der Waals surface area (Å²) in [6.07, 6.45) is 2.96. The molecule has 0 aromatic heterocycles. The second-order valence-corrected chi connectivity index (χ2v) is 6.83. The van der Waals surface area contributed by atoms with Gasteiger partial charge in [-0.2, -0.15) is 9.57 Å². The number of sulfonamides is 1. The zero-order chi connectivity index (χ0) is 13.9. The first-order valence-corrected chi connectivity index (χ1v) is 8.02. The van der Waals surface area contributed by atoms with Crippen LogP contribution in [0.2, 0.25) is 0 Å². The molecule has 4 nitrogen and oxygen atoms in total. The molecule has 0 radical (unpaired) electrons. The molecule has 0 unspecified atom stereocenters. The molecule has 5 heteroatoms. The molecule has 1 fully saturated rings. The monoisotopic (exact) mass is 278 g/mol. The highest BCUT2D eigenvalue weighted by molar-refractivity contribution is 7.89. The molecule has 0 saturated carbocycles. The van der Waals surface area contributed by atoms with Crippen molar-refractivity contribution in [1.82, 2.24) is 4.31 Å². The maximum atomic E-state index is 12.5. The van der Waals surface area contributed by atoms with Crippen molar-refractivity contribution in [3.63, 3.8) is 0 Å². The Kier molecular flexibility index (Phi) is 4.23. The van der Waals surface area contributed by atoms with Crippen molar-refractivity contribution in [2.24, 2.45) is 5.92 Å². The highest BCUT2D eigenvalue weighted by atomic mass is 32.2. The molecule has 2 rings (SSSR count). The summed E-state index contributed by atoms with van der Waals surface area (Å²) in [4.78, 5) is 0.224. The van der Waals surface area contributed by atoms with Crippen molar-refractivity contribution in [2.45, 2.75) is 31.1 Å². The summed E-state index contributed by atoms with van der Waals surface area (Å²) in [7, 11) is -3.44. The lowest BCUT2D eigenvalue weighted by Crippen LogP contribution is -2.38. The van der Waals surface area contributed by atoms with Crippen LogP contribution in [0, 0.1) is 17.2 Å². The lowest BCUT2D eigenvalue weighted by atomic mass is 9.96. The number of hydrogen-bond acceptors (Lipinski definition) is 3. The Balaban J connectivity index is 2.21. The van der Waals surface area contributed by atoms with E-state index in [-0.39, 0.29) is 4.90 Å². The minimum Gasteiger partial charge on any atom is -0.207 e. The number of nitriles is 1. The molecular formula is C14H18N2O2S. The Morgan fingerprint density at radius 3 is 2.63 bits per heavy atom. The van der Waals surface area contributed by atoms with Crippen molar-refractivity contribution in [1.29, 1.82) is 5.26 Å². The van der Waals surface area contributed by atoms with E-state index in [0.29, 0.717) is 24.6 Å². The van der Waals surface area contributed by atoms with Gasteiger partial charge in [-0.15, -0.1) is 0 Å². The zero-order valence-corrected chi connectivity index (χ0v) is 11.9. The van der Waals surface area contributed by atoms with E-state index in [4.69, 9.17) is 5.26 Å². The zero-order valence-electron chi connectivity index (χ0n) is 11.0. The van der Waals surface area contributed by atoms with Gasteiger partial charge in [-0.25, -0.2) is 8.42 Å². The van der Waals surface area contributed by atoms with Crippen molar-refractivity contribution in [2.75, 3.05) is 13.1 Å². The van der Waals surface area contributed by atoms with Gasteiger partial charge in [0, 0.05) is 13.1 Å². The second kappa shape index (κ2) is 5.72. The van der Waals surface area contributed by atoms with Gasteiger partial charge >= 0.3 is 0 Å². The van der Waals surface area contributed by atoms with Crippen molar-refractivity contribution in [3.05, 3.63) is 29.8 Å². The van der Waals surface area contributed by atoms with Gasteiger partial charge in [-0.1, -0.05) is 19.4 Å². The summed E-state index contributed by atoms with van der Waals surface area (Å²) < 4.78 is 26.5. The van der Waals surface area contributed by atoms with Gasteiger partial charge in [-0.05, 0) is 37.0 Å². The van der Waals surface area contributed by atoms with Crippen LogP contribution in [0.15, 0.2) is 29.2 Å². The Morgan fingerprint density at radius 1 is 1.37 bits per heavy atom. The van der Waals surface area contributed by atoms with Crippen molar-refractivity contribution in [3.8, 4) is 6.07 Å². The minimum atomic E-state index is -3.44. The maximum absolute atomic E-state index is 12.5. The SMILES string of the molecule is CCC1CCN(S(=O)(=O)c2cccc(C#N)c2)CC1. The Bertz CT molecular complexity index is 582. The average molecular weight is 278 g/mol. The molecule has 1 aliphatic rings. The van der Waals surface area contributed by atoms with E-state index in [2.05, 4.69) is 6.92 Å². The smallest absolute Gasteiger partial charge is 0.207 e. The number of hydrogen-bond donors (Lipinski definition) is 0. The molecule has 1 aromatic carbocycles. The molecule has 0 N–H and O–H groups in total. The van der Waals surface area contributed by atoms with Crippen LogP contribution in [0.4, 0.5) is 0 Å². The van der Waals surface area contributed by atoms with E-state index >= 15 is 0 Å². The fourth-order valence-electron chi connectivity index (χ4n) is 2.43. The molecule has 0 amide bonds. The molecule has 1 heterocycles. The van der Waals surface area contributed by atoms with E-state index in [1.54, 1.807) is 18.2 Å². The van der Waals surface area contributed by atoms with Gasteiger partial charge in [0.1, 0.15) is 0 Å². The number of rotatable bonds is 3. The molecule has 0 atom stereocenters. The van der Waals surface area contributed by atoms with Crippen LogP contribution in [0.25, 0.3) is 0 Å².